The zero-order valence-electron chi connectivity index (χ0n) is 15.3. The average Bonchev–Trinajstić information content (AvgIpc) is 2.70. The lowest BCUT2D eigenvalue weighted by Gasteiger charge is -2.15. The molecular formula is C19H19ClO7. The molecule has 27 heavy (non-hydrogen) atoms. The summed E-state index contributed by atoms with van der Waals surface area (Å²) in [6.45, 7) is -0.459. The highest BCUT2D eigenvalue weighted by molar-refractivity contribution is 6.32. The highest BCUT2D eigenvalue weighted by Gasteiger charge is 2.22. The molecule has 0 aliphatic heterocycles. The van der Waals surface area contributed by atoms with Gasteiger partial charge in [0.25, 0.3) is 0 Å². The zero-order chi connectivity index (χ0) is 20.0. The first-order valence-corrected chi connectivity index (χ1v) is 8.17. The number of methoxy groups -OCH3 is 4. The third kappa shape index (κ3) is 4.43. The van der Waals surface area contributed by atoms with Crippen LogP contribution in [0, 0.1) is 0 Å². The fourth-order valence-electron chi connectivity index (χ4n) is 2.39. The van der Waals surface area contributed by atoms with Gasteiger partial charge in [0, 0.05) is 5.56 Å². The van der Waals surface area contributed by atoms with Gasteiger partial charge in [0.15, 0.2) is 23.9 Å². The molecule has 0 aromatic heterocycles. The van der Waals surface area contributed by atoms with Crippen LogP contribution in [-0.4, -0.2) is 46.8 Å². The van der Waals surface area contributed by atoms with Crippen molar-refractivity contribution in [1.82, 2.24) is 0 Å². The van der Waals surface area contributed by atoms with Crippen LogP contribution in [0.15, 0.2) is 30.3 Å². The summed E-state index contributed by atoms with van der Waals surface area (Å²) in [5.74, 6) is 0.104. The number of hydrogen-bond acceptors (Lipinski definition) is 7. The second-order valence-electron chi connectivity index (χ2n) is 5.23. The van der Waals surface area contributed by atoms with Crippen LogP contribution in [-0.2, 0) is 4.74 Å². The summed E-state index contributed by atoms with van der Waals surface area (Å²) in [7, 11) is 5.75. The molecule has 2 aromatic carbocycles. The van der Waals surface area contributed by atoms with Gasteiger partial charge in [-0.05, 0) is 30.3 Å². The predicted octanol–water partition coefficient (Wildman–Crippen LogP) is 3.41. The zero-order valence-corrected chi connectivity index (χ0v) is 16.1. The van der Waals surface area contributed by atoms with Crippen LogP contribution >= 0.6 is 11.6 Å². The molecule has 0 N–H and O–H groups in total. The van der Waals surface area contributed by atoms with Gasteiger partial charge >= 0.3 is 5.97 Å². The highest BCUT2D eigenvalue weighted by atomic mass is 35.5. The third-order valence-corrected chi connectivity index (χ3v) is 4.03. The van der Waals surface area contributed by atoms with E-state index < -0.39 is 18.4 Å². The predicted molar refractivity (Wildman–Crippen MR) is 98.7 cm³/mol. The van der Waals surface area contributed by atoms with E-state index in [1.54, 1.807) is 12.1 Å². The molecule has 0 heterocycles. The molecule has 0 aliphatic rings. The Bertz CT molecular complexity index is 848. The molecule has 0 atom stereocenters. The van der Waals surface area contributed by atoms with Gasteiger partial charge in [-0.1, -0.05) is 11.6 Å². The minimum absolute atomic E-state index is 0.107. The number of esters is 1. The molecule has 0 saturated heterocycles. The number of rotatable bonds is 8. The number of ketones is 1. The van der Waals surface area contributed by atoms with Crippen LogP contribution in [0.25, 0.3) is 0 Å². The van der Waals surface area contributed by atoms with Crippen LogP contribution in [0.3, 0.4) is 0 Å². The minimum Gasteiger partial charge on any atom is -0.495 e. The first-order chi connectivity index (χ1) is 13.0. The van der Waals surface area contributed by atoms with Crippen LogP contribution in [0.2, 0.25) is 5.02 Å². The normalized spacial score (nSPS) is 10.1. The van der Waals surface area contributed by atoms with Crippen molar-refractivity contribution in [2.45, 2.75) is 0 Å². The minimum atomic E-state index is -0.735. The average molecular weight is 395 g/mol. The molecule has 0 bridgehead atoms. The fourth-order valence-corrected chi connectivity index (χ4v) is 2.65. The van der Waals surface area contributed by atoms with Crippen molar-refractivity contribution in [3.8, 4) is 23.0 Å². The molecule has 0 fully saturated rings. The van der Waals surface area contributed by atoms with Gasteiger partial charge in [-0.2, -0.15) is 0 Å². The van der Waals surface area contributed by atoms with Crippen molar-refractivity contribution in [3.63, 3.8) is 0 Å². The smallest absolute Gasteiger partial charge is 0.342 e. The summed E-state index contributed by atoms with van der Waals surface area (Å²) < 4.78 is 25.8. The van der Waals surface area contributed by atoms with Crippen molar-refractivity contribution in [2.75, 3.05) is 35.0 Å². The van der Waals surface area contributed by atoms with E-state index in [-0.39, 0.29) is 22.1 Å². The molecule has 0 saturated carbocycles. The first-order valence-electron chi connectivity index (χ1n) is 7.79. The molecule has 0 aliphatic carbocycles. The number of carbonyl (C=O) groups is 2. The Balaban J connectivity index is 2.16. The van der Waals surface area contributed by atoms with Crippen LogP contribution in [0.5, 0.6) is 23.0 Å². The molecule has 144 valence electrons. The number of benzene rings is 2. The molecule has 2 aromatic rings. The highest BCUT2D eigenvalue weighted by Crippen LogP contribution is 2.40. The van der Waals surface area contributed by atoms with E-state index in [9.17, 15) is 9.59 Å². The van der Waals surface area contributed by atoms with E-state index in [2.05, 4.69) is 0 Å². The Morgan fingerprint density at radius 3 is 2.04 bits per heavy atom. The first kappa shape index (κ1) is 20.4. The Morgan fingerprint density at radius 1 is 0.852 bits per heavy atom. The summed E-state index contributed by atoms with van der Waals surface area (Å²) in [5.41, 5.74) is 0.406. The van der Waals surface area contributed by atoms with E-state index in [4.69, 9.17) is 35.3 Å². The van der Waals surface area contributed by atoms with E-state index in [0.717, 1.165) is 0 Å². The van der Waals surface area contributed by atoms with E-state index in [0.29, 0.717) is 17.1 Å². The fraction of sp³-hybridized carbons (Fsp3) is 0.263. The quantitative estimate of drug-likeness (QED) is 0.501. The van der Waals surface area contributed by atoms with Crippen molar-refractivity contribution < 1.29 is 33.3 Å². The van der Waals surface area contributed by atoms with Crippen molar-refractivity contribution in [1.29, 1.82) is 0 Å². The summed E-state index contributed by atoms with van der Waals surface area (Å²) in [6, 6.07) is 7.57. The van der Waals surface area contributed by atoms with E-state index >= 15 is 0 Å². The number of hydrogen-bond donors (Lipinski definition) is 0. The lowest BCUT2D eigenvalue weighted by Crippen LogP contribution is -2.15. The third-order valence-electron chi connectivity index (χ3n) is 3.73. The molecule has 0 radical (unpaired) electrons. The van der Waals surface area contributed by atoms with E-state index in [1.165, 1.54) is 46.6 Å². The van der Waals surface area contributed by atoms with Gasteiger partial charge < -0.3 is 23.7 Å². The number of carbonyl (C=O) groups excluding carboxylic acids is 2. The molecule has 0 amide bonds. The largest absolute Gasteiger partial charge is 0.495 e. The van der Waals surface area contributed by atoms with Crippen molar-refractivity contribution >= 4 is 23.4 Å². The lowest BCUT2D eigenvalue weighted by molar-refractivity contribution is 0.0471. The Morgan fingerprint density at radius 2 is 1.48 bits per heavy atom. The van der Waals surface area contributed by atoms with Crippen LogP contribution in [0.1, 0.15) is 20.7 Å². The molecule has 0 unspecified atom stereocenters. The number of ether oxygens (including phenoxy) is 5. The van der Waals surface area contributed by atoms with Crippen molar-refractivity contribution in [2.24, 2.45) is 0 Å². The number of Topliss-reactive ketones (excluding diaryl/α,β-unsaturated/α-hetero) is 1. The molecule has 0 spiro atoms. The maximum Gasteiger partial charge on any atom is 0.342 e. The van der Waals surface area contributed by atoms with Gasteiger partial charge in [0.1, 0.15) is 11.3 Å². The van der Waals surface area contributed by atoms with Gasteiger partial charge in [0.2, 0.25) is 5.75 Å². The Labute approximate surface area is 161 Å². The van der Waals surface area contributed by atoms with E-state index in [1.807, 2.05) is 0 Å². The lowest BCUT2D eigenvalue weighted by atomic mass is 10.1. The summed E-state index contributed by atoms with van der Waals surface area (Å²) in [4.78, 5) is 24.7. The summed E-state index contributed by atoms with van der Waals surface area (Å²) in [6.07, 6.45) is 0. The molecule has 7 nitrogen and oxygen atoms in total. The van der Waals surface area contributed by atoms with Crippen molar-refractivity contribution in [3.05, 3.63) is 46.5 Å². The summed E-state index contributed by atoms with van der Waals surface area (Å²) >= 11 is 6.01. The maximum absolute atomic E-state index is 12.4. The second-order valence-corrected chi connectivity index (χ2v) is 5.64. The monoisotopic (exact) mass is 394 g/mol. The van der Waals surface area contributed by atoms with Gasteiger partial charge in [-0.15, -0.1) is 0 Å². The van der Waals surface area contributed by atoms with Gasteiger partial charge in [0.05, 0.1) is 33.5 Å². The topological polar surface area (TPSA) is 80.3 Å². The molecule has 2 rings (SSSR count). The standard InChI is InChI=1S/C19H19ClO7/c1-23-15-7-5-11(9-13(15)20)14(21)10-27-19(22)12-6-8-16(24-2)18(26-4)17(12)25-3/h5-9H,10H2,1-4H3. The maximum atomic E-state index is 12.4. The van der Waals surface area contributed by atoms with Crippen LogP contribution < -0.4 is 18.9 Å². The van der Waals surface area contributed by atoms with Crippen LogP contribution in [0.4, 0.5) is 0 Å². The Hall–Kier alpha value is -2.93. The van der Waals surface area contributed by atoms with Gasteiger partial charge in [-0.3, -0.25) is 4.79 Å². The molecule has 8 heteroatoms. The second kappa shape index (κ2) is 9.14. The number of halogens is 1. The SMILES string of the molecule is COc1ccc(C(=O)COC(=O)c2ccc(OC)c(OC)c2OC)cc1Cl. The molecular weight excluding hydrogens is 376 g/mol. The van der Waals surface area contributed by atoms with Gasteiger partial charge in [-0.25, -0.2) is 4.79 Å². The summed E-state index contributed by atoms with van der Waals surface area (Å²) in [5, 5.41) is 0.288. The Kier molecular flexibility index (Phi) is 6.90.